The highest BCUT2D eigenvalue weighted by atomic mass is 16.5. The molecule has 8 rings (SSSR count). The molecule has 2 aliphatic carbocycles. The van der Waals surface area contributed by atoms with Crippen LogP contribution in [0.2, 0.25) is 0 Å². The Morgan fingerprint density at radius 2 is 1.67 bits per heavy atom. The Morgan fingerprint density at radius 3 is 2.37 bits per heavy atom. The molecule has 2 saturated heterocycles. The molecule has 4 aromatic rings. The molecule has 2 saturated carbocycles. The fourth-order valence-electron chi connectivity index (χ4n) is 8.40. The van der Waals surface area contributed by atoms with Gasteiger partial charge in [0.2, 0.25) is 5.91 Å². The van der Waals surface area contributed by atoms with Gasteiger partial charge >= 0.3 is 0 Å². The molecular weight excluding hydrogens is 684 g/mol. The third-order valence-corrected chi connectivity index (χ3v) is 11.5. The largest absolute Gasteiger partial charge is 0.490 e. The first kappa shape index (κ1) is 36.0. The van der Waals surface area contributed by atoms with Crippen molar-refractivity contribution in [2.24, 2.45) is 5.92 Å². The van der Waals surface area contributed by atoms with Crippen molar-refractivity contribution in [1.29, 1.82) is 0 Å². The molecule has 0 unspecified atom stereocenters. The molecule has 12 heteroatoms. The number of hydrogen-bond donors (Lipinski definition) is 2. The lowest BCUT2D eigenvalue weighted by molar-refractivity contribution is -0.138. The van der Waals surface area contributed by atoms with E-state index >= 15 is 0 Å². The van der Waals surface area contributed by atoms with Crippen LogP contribution in [0, 0.1) is 5.92 Å². The first-order valence-electron chi connectivity index (χ1n) is 19.7. The van der Waals surface area contributed by atoms with E-state index in [0.717, 1.165) is 81.9 Å². The molecule has 0 bridgehead atoms. The SMILES string of the molecule is CC(C)Oc1cc2nn(C3CCC(CN4CCC(c5ccc(O[C@@H]6CCC(=O)NC6=O)cc5)CC4)CC3)cc2cc1C(=O)Nc1cccn(C2CC2)c1=O. The number of carbonyl (C=O) groups is 3. The van der Waals surface area contributed by atoms with Gasteiger partial charge in [0.1, 0.15) is 17.2 Å². The smallest absolute Gasteiger partial charge is 0.274 e. The fraction of sp³-hybridized carbons (Fsp3) is 0.500. The van der Waals surface area contributed by atoms with Gasteiger partial charge in [-0.05, 0) is 126 Å². The van der Waals surface area contributed by atoms with E-state index in [1.54, 1.807) is 22.9 Å². The number of amides is 3. The Labute approximate surface area is 315 Å². The van der Waals surface area contributed by atoms with Crippen molar-refractivity contribution in [3.63, 3.8) is 0 Å². The third kappa shape index (κ3) is 8.08. The van der Waals surface area contributed by atoms with Crippen LogP contribution in [0.4, 0.5) is 5.69 Å². The van der Waals surface area contributed by atoms with Gasteiger partial charge in [0.25, 0.3) is 17.4 Å². The molecule has 2 aromatic carbocycles. The highest BCUT2D eigenvalue weighted by molar-refractivity contribution is 6.08. The topological polar surface area (TPSA) is 137 Å². The van der Waals surface area contributed by atoms with Crippen LogP contribution >= 0.6 is 0 Å². The van der Waals surface area contributed by atoms with Gasteiger partial charge in [0.05, 0.1) is 23.2 Å². The number of pyridine rings is 1. The minimum absolute atomic E-state index is 0.138. The van der Waals surface area contributed by atoms with Crippen LogP contribution in [-0.4, -0.2) is 68.8 Å². The quantitative estimate of drug-likeness (QED) is 0.170. The summed E-state index contributed by atoms with van der Waals surface area (Å²) in [6.45, 7) is 7.16. The zero-order chi connectivity index (χ0) is 37.3. The van der Waals surface area contributed by atoms with E-state index in [1.165, 1.54) is 5.56 Å². The number of hydrogen-bond acceptors (Lipinski definition) is 8. The number of anilines is 1. The third-order valence-electron chi connectivity index (χ3n) is 11.5. The van der Waals surface area contributed by atoms with Gasteiger partial charge in [0.15, 0.2) is 6.10 Å². The normalized spacial score (nSPS) is 22.7. The van der Waals surface area contributed by atoms with E-state index in [2.05, 4.69) is 38.5 Å². The summed E-state index contributed by atoms with van der Waals surface area (Å²) >= 11 is 0. The number of piperidine rings is 2. The van der Waals surface area contributed by atoms with Gasteiger partial charge in [-0.2, -0.15) is 5.10 Å². The Hall–Kier alpha value is -4.97. The molecule has 4 heterocycles. The number of imide groups is 1. The summed E-state index contributed by atoms with van der Waals surface area (Å²) in [6, 6.07) is 15.8. The predicted octanol–water partition coefficient (Wildman–Crippen LogP) is 6.37. The summed E-state index contributed by atoms with van der Waals surface area (Å²) in [5, 5.41) is 11.0. The summed E-state index contributed by atoms with van der Waals surface area (Å²) in [5.74, 6) is 1.32. The van der Waals surface area contributed by atoms with Crippen molar-refractivity contribution in [2.45, 2.75) is 108 Å². The average Bonchev–Trinajstić information content (AvgIpc) is 3.92. The van der Waals surface area contributed by atoms with Crippen LogP contribution in [-0.2, 0) is 9.59 Å². The van der Waals surface area contributed by atoms with Gasteiger partial charge in [-0.3, -0.25) is 29.2 Å². The molecule has 3 amide bonds. The molecule has 2 aliphatic heterocycles. The highest BCUT2D eigenvalue weighted by Gasteiger charge is 2.30. The minimum Gasteiger partial charge on any atom is -0.490 e. The zero-order valence-corrected chi connectivity index (χ0v) is 31.2. The van der Waals surface area contributed by atoms with Gasteiger partial charge in [0, 0.05) is 49.3 Å². The Balaban J connectivity index is 0.842. The number of fused-ring (bicyclic) bond motifs is 1. The van der Waals surface area contributed by atoms with Crippen LogP contribution < -0.4 is 25.7 Å². The highest BCUT2D eigenvalue weighted by Crippen LogP contribution is 2.37. The van der Waals surface area contributed by atoms with Crippen LogP contribution in [0.5, 0.6) is 11.5 Å². The molecule has 0 spiro atoms. The van der Waals surface area contributed by atoms with Gasteiger partial charge < -0.3 is 24.3 Å². The molecule has 12 nitrogen and oxygen atoms in total. The Morgan fingerprint density at radius 1 is 0.926 bits per heavy atom. The standard InChI is InChI=1S/C42H50N6O6/c1-26(2)53-38-23-36-30(22-34(38)40(50)43-35-4-3-19-47(42(35)52)31-11-12-31)25-48(45-36)32-9-5-27(6-10-32)24-46-20-17-29(18-21-46)28-7-13-33(14-8-28)54-37-15-16-39(49)44-41(37)51/h3-4,7-8,13-14,19,22-23,25-27,29,31-32,37H,5-6,9-12,15-18,20-21,24H2,1-2H3,(H,43,50)(H,44,49,51)/t27?,32?,37-/m1/s1. The van der Waals surface area contributed by atoms with Crippen LogP contribution in [0.1, 0.15) is 112 Å². The van der Waals surface area contributed by atoms with E-state index in [0.29, 0.717) is 47.8 Å². The zero-order valence-electron chi connectivity index (χ0n) is 31.2. The van der Waals surface area contributed by atoms with Crippen LogP contribution in [0.15, 0.2) is 65.7 Å². The van der Waals surface area contributed by atoms with Crippen molar-refractivity contribution in [3.8, 4) is 11.5 Å². The maximum atomic E-state index is 13.6. The average molecular weight is 735 g/mol. The number of nitrogens with one attached hydrogen (secondary N) is 2. The Kier molecular flexibility index (Phi) is 10.3. The van der Waals surface area contributed by atoms with Gasteiger partial charge in [-0.25, -0.2) is 0 Å². The number of rotatable bonds is 11. The van der Waals surface area contributed by atoms with Gasteiger partial charge in [-0.15, -0.1) is 0 Å². The summed E-state index contributed by atoms with van der Waals surface area (Å²) in [5.41, 5.74) is 2.58. The van der Waals surface area contributed by atoms with Crippen molar-refractivity contribution < 1.29 is 23.9 Å². The lowest BCUT2D eigenvalue weighted by atomic mass is 9.84. The van der Waals surface area contributed by atoms with Gasteiger partial charge in [-0.1, -0.05) is 12.1 Å². The van der Waals surface area contributed by atoms with Crippen molar-refractivity contribution >= 4 is 34.3 Å². The molecule has 4 fully saturated rings. The maximum absolute atomic E-state index is 13.6. The monoisotopic (exact) mass is 734 g/mol. The van der Waals surface area contributed by atoms with E-state index in [-0.39, 0.29) is 41.1 Å². The second kappa shape index (κ2) is 15.4. The van der Waals surface area contributed by atoms with E-state index in [4.69, 9.17) is 14.6 Å². The lowest BCUT2D eigenvalue weighted by Gasteiger charge is -2.36. The van der Waals surface area contributed by atoms with Crippen molar-refractivity contribution in [1.82, 2.24) is 24.6 Å². The van der Waals surface area contributed by atoms with Crippen molar-refractivity contribution in [2.75, 3.05) is 25.0 Å². The number of aromatic nitrogens is 3. The number of benzene rings is 2. The second-order valence-corrected chi connectivity index (χ2v) is 15.9. The number of ether oxygens (including phenoxy) is 2. The second-order valence-electron chi connectivity index (χ2n) is 15.9. The Bertz CT molecular complexity index is 2070. The van der Waals surface area contributed by atoms with Crippen molar-refractivity contribution in [3.05, 3.63) is 82.4 Å². The fourth-order valence-corrected chi connectivity index (χ4v) is 8.40. The summed E-state index contributed by atoms with van der Waals surface area (Å²) < 4.78 is 15.8. The first-order valence-corrected chi connectivity index (χ1v) is 19.7. The molecule has 54 heavy (non-hydrogen) atoms. The molecule has 2 aromatic heterocycles. The summed E-state index contributed by atoms with van der Waals surface area (Å²) in [4.78, 5) is 52.7. The molecule has 1 atom stereocenters. The van der Waals surface area contributed by atoms with Crippen LogP contribution in [0.25, 0.3) is 10.9 Å². The molecular formula is C42H50N6O6. The number of likely N-dealkylation sites (tertiary alicyclic amines) is 1. The molecule has 284 valence electrons. The molecule has 0 radical (unpaired) electrons. The maximum Gasteiger partial charge on any atom is 0.274 e. The lowest BCUT2D eigenvalue weighted by Crippen LogP contribution is -2.46. The number of nitrogens with zero attached hydrogens (tertiary/aromatic N) is 4. The van der Waals surface area contributed by atoms with E-state index in [1.807, 2.05) is 38.1 Å². The van der Waals surface area contributed by atoms with E-state index < -0.39 is 6.10 Å². The predicted molar refractivity (Wildman–Crippen MR) is 205 cm³/mol. The molecule has 2 N–H and O–H groups in total. The summed E-state index contributed by atoms with van der Waals surface area (Å²) in [7, 11) is 0. The van der Waals surface area contributed by atoms with E-state index in [9.17, 15) is 19.2 Å². The first-order chi connectivity index (χ1) is 26.2. The summed E-state index contributed by atoms with van der Waals surface area (Å²) in [6.07, 6.45) is 12.4. The van der Waals surface area contributed by atoms with Crippen LogP contribution in [0.3, 0.4) is 0 Å². The minimum atomic E-state index is -0.618. The number of carbonyl (C=O) groups excluding carboxylic acids is 3. The molecule has 4 aliphatic rings.